The smallest absolute Gasteiger partial charge is 0.345 e. The molecule has 0 spiro atoms. The molecule has 2 aliphatic rings. The third-order valence-corrected chi connectivity index (χ3v) is 11.7. The molecule has 3 heterocycles. The molecular formula is C24H34N4O5Si. The lowest BCUT2D eigenvalue weighted by atomic mass is 9.98. The third kappa shape index (κ3) is 4.37. The van der Waals surface area contributed by atoms with Gasteiger partial charge in [-0.2, -0.15) is 10.2 Å². The number of hydrogen-bond acceptors (Lipinski definition) is 6. The highest BCUT2D eigenvalue weighted by atomic mass is 28.4. The van der Waals surface area contributed by atoms with Gasteiger partial charge in [-0.3, -0.25) is 9.52 Å². The van der Waals surface area contributed by atoms with Gasteiger partial charge in [0.25, 0.3) is 0 Å². The molecule has 1 aromatic carbocycles. The number of carbonyl (C=O) groups is 2. The van der Waals surface area contributed by atoms with E-state index in [0.717, 1.165) is 11.1 Å². The highest BCUT2D eigenvalue weighted by Crippen LogP contribution is 2.44. The molecule has 1 fully saturated rings. The molecule has 34 heavy (non-hydrogen) atoms. The summed E-state index contributed by atoms with van der Waals surface area (Å²) in [6.07, 6.45) is 1.73. The van der Waals surface area contributed by atoms with Crippen LogP contribution in [0.3, 0.4) is 0 Å². The summed E-state index contributed by atoms with van der Waals surface area (Å²) in [4.78, 5) is 33.5. The first kappa shape index (κ1) is 24.4. The molecular weight excluding hydrogens is 452 g/mol. The molecule has 0 aliphatic carbocycles. The maximum absolute atomic E-state index is 13.2. The number of nitrogens with zero attached hydrogens (tertiary/aromatic N) is 4. The van der Waals surface area contributed by atoms with Crippen LogP contribution in [0.5, 0.6) is 0 Å². The zero-order valence-corrected chi connectivity index (χ0v) is 21.8. The van der Waals surface area contributed by atoms with Crippen molar-refractivity contribution in [1.82, 2.24) is 19.7 Å². The summed E-state index contributed by atoms with van der Waals surface area (Å²) in [5.74, 6) is -0.495. The predicted octanol–water partition coefficient (Wildman–Crippen LogP) is 4.04. The molecule has 0 unspecified atom stereocenters. The quantitative estimate of drug-likeness (QED) is 0.413. The fourth-order valence-electron chi connectivity index (χ4n) is 4.15. The number of hydroxylamine groups is 2. The minimum atomic E-state index is -1.92. The number of urea groups is 1. The number of methoxy groups -OCH3 is 1. The van der Waals surface area contributed by atoms with Gasteiger partial charge in [0.05, 0.1) is 38.7 Å². The van der Waals surface area contributed by atoms with Crippen LogP contribution in [0.2, 0.25) is 18.1 Å². The summed E-state index contributed by atoms with van der Waals surface area (Å²) in [6.45, 7) is 12.6. The maximum Gasteiger partial charge on any atom is 0.345 e. The van der Waals surface area contributed by atoms with E-state index >= 15 is 0 Å². The molecule has 0 radical (unpaired) electrons. The number of benzene rings is 1. The Balaban J connectivity index is 1.58. The number of fused-ring (bicyclic) bond motifs is 4. The number of hydrogen-bond donors (Lipinski definition) is 0. The van der Waals surface area contributed by atoms with Crippen LogP contribution < -0.4 is 0 Å². The van der Waals surface area contributed by atoms with Crippen LogP contribution in [0, 0.1) is 0 Å². The first-order valence-electron chi connectivity index (χ1n) is 11.6. The normalized spacial score (nSPS) is 20.0. The van der Waals surface area contributed by atoms with E-state index in [2.05, 4.69) is 39.0 Å². The molecule has 2 aliphatic heterocycles. The number of amides is 2. The van der Waals surface area contributed by atoms with Gasteiger partial charge in [0.15, 0.2) is 14.4 Å². The highest BCUT2D eigenvalue weighted by Gasteiger charge is 2.53. The lowest BCUT2D eigenvalue weighted by molar-refractivity contribution is -0.146. The molecule has 1 saturated heterocycles. The van der Waals surface area contributed by atoms with Crippen LogP contribution in [0.15, 0.2) is 36.5 Å². The second-order valence-corrected chi connectivity index (χ2v) is 15.1. The van der Waals surface area contributed by atoms with Crippen molar-refractivity contribution in [1.29, 1.82) is 0 Å². The number of aromatic nitrogens is 2. The zero-order valence-electron chi connectivity index (χ0n) is 20.8. The number of ether oxygens (including phenoxy) is 1. The Morgan fingerprint density at radius 1 is 1.21 bits per heavy atom. The van der Waals surface area contributed by atoms with Gasteiger partial charge in [-0.05, 0) is 23.7 Å². The first-order chi connectivity index (χ1) is 16.0. The van der Waals surface area contributed by atoms with Crippen molar-refractivity contribution in [3.05, 3.63) is 53.3 Å². The number of carbonyl (C=O) groups excluding carboxylic acids is 2. The fourth-order valence-corrected chi connectivity index (χ4v) is 5.18. The summed E-state index contributed by atoms with van der Waals surface area (Å²) < 4.78 is 13.2. The second kappa shape index (κ2) is 9.16. The molecule has 184 valence electrons. The van der Waals surface area contributed by atoms with Crippen molar-refractivity contribution in [2.45, 2.75) is 64.1 Å². The van der Waals surface area contributed by atoms with E-state index in [0.29, 0.717) is 25.4 Å². The summed E-state index contributed by atoms with van der Waals surface area (Å²) in [5.41, 5.74) is 2.42. The number of esters is 1. The Hall–Kier alpha value is -2.69. The maximum atomic E-state index is 13.2. The Morgan fingerprint density at radius 3 is 2.56 bits per heavy atom. The van der Waals surface area contributed by atoms with E-state index in [1.165, 1.54) is 17.1 Å². The van der Waals surface area contributed by atoms with E-state index in [1.807, 2.05) is 30.3 Å². The Kier molecular flexibility index (Phi) is 6.58. The predicted molar refractivity (Wildman–Crippen MR) is 128 cm³/mol. The minimum absolute atomic E-state index is 0.0962. The Labute approximate surface area is 201 Å². The van der Waals surface area contributed by atoms with E-state index < -0.39 is 20.3 Å². The van der Waals surface area contributed by atoms with Gasteiger partial charge in [0.2, 0.25) is 0 Å². The summed E-state index contributed by atoms with van der Waals surface area (Å²) >= 11 is 0. The molecule has 2 bridgehead atoms. The molecule has 4 rings (SSSR count). The van der Waals surface area contributed by atoms with Crippen molar-refractivity contribution in [2.75, 3.05) is 20.3 Å². The van der Waals surface area contributed by atoms with Crippen LogP contribution in [-0.2, 0) is 31.9 Å². The molecule has 2 atom stereocenters. The van der Waals surface area contributed by atoms with Crippen LogP contribution >= 0.6 is 0 Å². The topological polar surface area (TPSA) is 86.1 Å². The summed E-state index contributed by atoms with van der Waals surface area (Å²) in [5, 5.41) is 6.03. The standard InChI is InChI=1S/C24H34N4O5Si/c1-24(2,3)34(5,6)33-13-12-27-20-18(14-25-27)19-15-26(21(20)22(29)31-4)23(30)28(19)32-16-17-10-8-7-9-11-17/h7-11,14,19,21H,12-13,15-16H2,1-6H3/t19-,21+/m1/s1. The highest BCUT2D eigenvalue weighted by molar-refractivity contribution is 6.74. The van der Waals surface area contributed by atoms with Gasteiger partial charge in [-0.1, -0.05) is 51.1 Å². The first-order valence-corrected chi connectivity index (χ1v) is 14.5. The molecule has 0 N–H and O–H groups in total. The molecule has 0 saturated carbocycles. The van der Waals surface area contributed by atoms with Gasteiger partial charge >= 0.3 is 12.0 Å². The summed E-state index contributed by atoms with van der Waals surface area (Å²) in [7, 11) is -0.592. The zero-order chi connectivity index (χ0) is 24.7. The Morgan fingerprint density at radius 2 is 1.91 bits per heavy atom. The van der Waals surface area contributed by atoms with Crippen molar-refractivity contribution < 1.29 is 23.6 Å². The third-order valence-electron chi connectivity index (χ3n) is 7.14. The van der Waals surface area contributed by atoms with E-state index in [-0.39, 0.29) is 23.7 Å². The van der Waals surface area contributed by atoms with E-state index in [1.54, 1.807) is 10.9 Å². The van der Waals surface area contributed by atoms with Crippen molar-refractivity contribution >= 4 is 20.3 Å². The average molecular weight is 487 g/mol. The lowest BCUT2D eigenvalue weighted by Crippen LogP contribution is -2.42. The molecule has 9 nitrogen and oxygen atoms in total. The largest absolute Gasteiger partial charge is 0.467 e. The van der Waals surface area contributed by atoms with Crippen molar-refractivity contribution in [3.8, 4) is 0 Å². The van der Waals surface area contributed by atoms with Crippen LogP contribution in [-0.4, -0.2) is 60.3 Å². The van der Waals surface area contributed by atoms with Gasteiger partial charge in [-0.15, -0.1) is 0 Å². The molecule has 2 amide bonds. The van der Waals surface area contributed by atoms with Gasteiger partial charge in [0, 0.05) is 5.56 Å². The fraction of sp³-hybridized carbons (Fsp3) is 0.542. The Bertz CT molecular complexity index is 1050. The lowest BCUT2D eigenvalue weighted by Gasteiger charge is -2.36. The summed E-state index contributed by atoms with van der Waals surface area (Å²) in [6, 6.07) is 8.09. The SMILES string of the molecule is COC(=O)[C@@H]1c2c(cnn2CCO[Si](C)(C)C(C)(C)C)[C@H]2CN1C(=O)N2OCc1ccccc1. The van der Waals surface area contributed by atoms with E-state index in [9.17, 15) is 9.59 Å². The van der Waals surface area contributed by atoms with Gasteiger partial charge in [0.1, 0.15) is 12.6 Å². The van der Waals surface area contributed by atoms with E-state index in [4.69, 9.17) is 14.0 Å². The van der Waals surface area contributed by atoms with Crippen LogP contribution in [0.1, 0.15) is 49.7 Å². The van der Waals surface area contributed by atoms with Gasteiger partial charge in [-0.25, -0.2) is 9.59 Å². The average Bonchev–Trinajstić information content (AvgIpc) is 3.33. The van der Waals surface area contributed by atoms with Crippen molar-refractivity contribution in [2.24, 2.45) is 0 Å². The molecule has 2 aromatic rings. The van der Waals surface area contributed by atoms with Crippen LogP contribution in [0.25, 0.3) is 0 Å². The molecule has 10 heteroatoms. The minimum Gasteiger partial charge on any atom is -0.467 e. The van der Waals surface area contributed by atoms with Gasteiger partial charge < -0.3 is 14.1 Å². The van der Waals surface area contributed by atoms with Crippen LogP contribution in [0.4, 0.5) is 4.79 Å². The number of rotatable bonds is 8. The molecule has 1 aromatic heterocycles. The van der Waals surface area contributed by atoms with Crippen molar-refractivity contribution in [3.63, 3.8) is 0 Å². The second-order valence-electron chi connectivity index (χ2n) is 10.3. The monoisotopic (exact) mass is 486 g/mol.